The van der Waals surface area contributed by atoms with Crippen LogP contribution in [0, 0.1) is 0 Å². The predicted octanol–water partition coefficient (Wildman–Crippen LogP) is 3.07. The highest BCUT2D eigenvalue weighted by Gasteiger charge is 2.25. The van der Waals surface area contributed by atoms with Crippen LogP contribution in [0.25, 0.3) is 0 Å². The molecule has 1 saturated carbocycles. The topological polar surface area (TPSA) is 35.2 Å². The zero-order valence-corrected chi connectivity index (χ0v) is 10.1. The van der Waals surface area contributed by atoms with Crippen molar-refractivity contribution in [3.05, 3.63) is 29.8 Å². The summed E-state index contributed by atoms with van der Waals surface area (Å²) in [6.45, 7) is 4.08. The number of benzene rings is 1. The van der Waals surface area contributed by atoms with Gasteiger partial charge in [0.1, 0.15) is 5.75 Å². The first-order valence-electron chi connectivity index (χ1n) is 6.19. The first-order chi connectivity index (χ1) is 7.66. The van der Waals surface area contributed by atoms with Crippen LogP contribution in [-0.4, -0.2) is 12.1 Å². The SMILES string of the molecule is CC(C)Oc1ccc([C@H]2CCC[C@H]2N)cc1. The Hall–Kier alpha value is -1.02. The van der Waals surface area contributed by atoms with Crippen LogP contribution in [0.3, 0.4) is 0 Å². The van der Waals surface area contributed by atoms with Crippen LogP contribution in [0.5, 0.6) is 5.75 Å². The van der Waals surface area contributed by atoms with Gasteiger partial charge in [-0.15, -0.1) is 0 Å². The van der Waals surface area contributed by atoms with Crippen LogP contribution in [-0.2, 0) is 0 Å². The molecule has 0 bridgehead atoms. The van der Waals surface area contributed by atoms with Gasteiger partial charge in [-0.2, -0.15) is 0 Å². The fourth-order valence-corrected chi connectivity index (χ4v) is 2.47. The van der Waals surface area contributed by atoms with E-state index in [1.54, 1.807) is 0 Å². The van der Waals surface area contributed by atoms with E-state index in [-0.39, 0.29) is 6.10 Å². The number of nitrogens with two attached hydrogens (primary N) is 1. The van der Waals surface area contributed by atoms with E-state index in [4.69, 9.17) is 10.5 Å². The Balaban J connectivity index is 2.07. The minimum absolute atomic E-state index is 0.236. The quantitative estimate of drug-likeness (QED) is 0.848. The molecule has 0 aliphatic heterocycles. The number of rotatable bonds is 3. The summed E-state index contributed by atoms with van der Waals surface area (Å²) >= 11 is 0. The molecule has 2 atom stereocenters. The highest BCUT2D eigenvalue weighted by Crippen LogP contribution is 2.33. The monoisotopic (exact) mass is 219 g/mol. The van der Waals surface area contributed by atoms with Crippen LogP contribution < -0.4 is 10.5 Å². The minimum atomic E-state index is 0.236. The average molecular weight is 219 g/mol. The fraction of sp³-hybridized carbons (Fsp3) is 0.571. The molecular weight excluding hydrogens is 198 g/mol. The molecule has 1 aliphatic rings. The second kappa shape index (κ2) is 4.88. The molecule has 1 fully saturated rings. The zero-order chi connectivity index (χ0) is 11.5. The molecule has 0 heterocycles. The van der Waals surface area contributed by atoms with Gasteiger partial charge in [-0.05, 0) is 50.3 Å². The summed E-state index contributed by atoms with van der Waals surface area (Å²) in [5.41, 5.74) is 7.46. The third-order valence-corrected chi connectivity index (χ3v) is 3.25. The summed E-state index contributed by atoms with van der Waals surface area (Å²) in [4.78, 5) is 0. The first-order valence-corrected chi connectivity index (χ1v) is 6.19. The second-order valence-electron chi connectivity index (χ2n) is 4.94. The Morgan fingerprint density at radius 1 is 1.19 bits per heavy atom. The molecule has 0 unspecified atom stereocenters. The molecule has 1 aliphatic carbocycles. The van der Waals surface area contributed by atoms with E-state index in [0.717, 1.165) is 12.2 Å². The van der Waals surface area contributed by atoms with E-state index in [1.165, 1.54) is 18.4 Å². The van der Waals surface area contributed by atoms with Gasteiger partial charge in [0.25, 0.3) is 0 Å². The summed E-state index contributed by atoms with van der Waals surface area (Å²) in [5.74, 6) is 1.50. The van der Waals surface area contributed by atoms with E-state index in [9.17, 15) is 0 Å². The largest absolute Gasteiger partial charge is 0.491 e. The lowest BCUT2D eigenvalue weighted by Crippen LogP contribution is -2.22. The molecule has 16 heavy (non-hydrogen) atoms. The lowest BCUT2D eigenvalue weighted by atomic mass is 9.95. The van der Waals surface area contributed by atoms with Crippen molar-refractivity contribution in [1.29, 1.82) is 0 Å². The van der Waals surface area contributed by atoms with Crippen LogP contribution in [0.15, 0.2) is 24.3 Å². The van der Waals surface area contributed by atoms with Crippen LogP contribution >= 0.6 is 0 Å². The third kappa shape index (κ3) is 2.56. The van der Waals surface area contributed by atoms with Gasteiger partial charge in [0.05, 0.1) is 6.10 Å². The number of ether oxygens (including phenoxy) is 1. The summed E-state index contributed by atoms with van der Waals surface area (Å²) in [5, 5.41) is 0. The van der Waals surface area contributed by atoms with E-state index >= 15 is 0 Å². The molecular formula is C14H21NO. The van der Waals surface area contributed by atoms with Gasteiger partial charge >= 0.3 is 0 Å². The summed E-state index contributed by atoms with van der Waals surface area (Å²) in [7, 11) is 0. The molecule has 0 spiro atoms. The van der Waals surface area contributed by atoms with Crippen LogP contribution in [0.1, 0.15) is 44.6 Å². The highest BCUT2D eigenvalue weighted by atomic mass is 16.5. The maximum atomic E-state index is 6.10. The molecule has 0 amide bonds. The van der Waals surface area contributed by atoms with Crippen molar-refractivity contribution in [3.8, 4) is 5.75 Å². The number of hydrogen-bond acceptors (Lipinski definition) is 2. The molecule has 88 valence electrons. The van der Waals surface area contributed by atoms with Crippen molar-refractivity contribution in [2.24, 2.45) is 5.73 Å². The molecule has 0 aromatic heterocycles. The Morgan fingerprint density at radius 3 is 2.38 bits per heavy atom. The zero-order valence-electron chi connectivity index (χ0n) is 10.1. The van der Waals surface area contributed by atoms with Gasteiger partial charge in [-0.3, -0.25) is 0 Å². The van der Waals surface area contributed by atoms with Crippen molar-refractivity contribution in [2.45, 2.75) is 51.2 Å². The minimum Gasteiger partial charge on any atom is -0.491 e. The van der Waals surface area contributed by atoms with Crippen molar-refractivity contribution in [2.75, 3.05) is 0 Å². The average Bonchev–Trinajstić information content (AvgIpc) is 2.65. The van der Waals surface area contributed by atoms with E-state index in [1.807, 2.05) is 13.8 Å². The number of hydrogen-bond donors (Lipinski definition) is 1. The lowest BCUT2D eigenvalue weighted by Gasteiger charge is -2.16. The van der Waals surface area contributed by atoms with E-state index in [2.05, 4.69) is 24.3 Å². The Morgan fingerprint density at radius 2 is 1.88 bits per heavy atom. The Bertz CT molecular complexity index is 331. The Kier molecular flexibility index (Phi) is 3.49. The van der Waals surface area contributed by atoms with Crippen molar-refractivity contribution in [1.82, 2.24) is 0 Å². The standard InChI is InChI=1S/C14H21NO/c1-10(2)16-12-8-6-11(7-9-12)13-4-3-5-14(13)15/h6-10,13-14H,3-5,15H2,1-2H3/t13-,14-/m1/s1. The lowest BCUT2D eigenvalue weighted by molar-refractivity contribution is 0.242. The van der Waals surface area contributed by atoms with Crippen molar-refractivity contribution >= 4 is 0 Å². The molecule has 1 aromatic carbocycles. The third-order valence-electron chi connectivity index (χ3n) is 3.25. The fourth-order valence-electron chi connectivity index (χ4n) is 2.47. The summed E-state index contributed by atoms with van der Waals surface area (Å²) in [6.07, 6.45) is 3.89. The molecule has 0 saturated heterocycles. The van der Waals surface area contributed by atoms with Gasteiger partial charge < -0.3 is 10.5 Å². The van der Waals surface area contributed by atoms with E-state index in [0.29, 0.717) is 12.0 Å². The van der Waals surface area contributed by atoms with Gasteiger partial charge in [-0.25, -0.2) is 0 Å². The highest BCUT2D eigenvalue weighted by molar-refractivity contribution is 5.31. The van der Waals surface area contributed by atoms with Gasteiger partial charge in [0, 0.05) is 6.04 Å². The molecule has 1 aromatic rings. The van der Waals surface area contributed by atoms with Crippen molar-refractivity contribution in [3.63, 3.8) is 0 Å². The predicted molar refractivity (Wildman–Crippen MR) is 66.8 cm³/mol. The Labute approximate surface area is 97.8 Å². The maximum Gasteiger partial charge on any atom is 0.119 e. The normalized spacial score (nSPS) is 25.0. The molecule has 0 radical (unpaired) electrons. The van der Waals surface area contributed by atoms with Gasteiger partial charge in [0.15, 0.2) is 0 Å². The van der Waals surface area contributed by atoms with Crippen LogP contribution in [0.4, 0.5) is 0 Å². The molecule has 2 N–H and O–H groups in total. The molecule has 2 heteroatoms. The maximum absolute atomic E-state index is 6.10. The molecule has 2 nitrogen and oxygen atoms in total. The van der Waals surface area contributed by atoms with Crippen molar-refractivity contribution < 1.29 is 4.74 Å². The van der Waals surface area contributed by atoms with Crippen LogP contribution in [0.2, 0.25) is 0 Å². The first kappa shape index (κ1) is 11.5. The van der Waals surface area contributed by atoms with E-state index < -0.39 is 0 Å². The summed E-state index contributed by atoms with van der Waals surface area (Å²) < 4.78 is 5.63. The smallest absolute Gasteiger partial charge is 0.119 e. The summed E-state index contributed by atoms with van der Waals surface area (Å²) in [6, 6.07) is 8.78. The van der Waals surface area contributed by atoms with Gasteiger partial charge in [-0.1, -0.05) is 18.6 Å². The second-order valence-corrected chi connectivity index (χ2v) is 4.94. The van der Waals surface area contributed by atoms with Gasteiger partial charge in [0.2, 0.25) is 0 Å². The molecule has 2 rings (SSSR count).